The predicted octanol–water partition coefficient (Wildman–Crippen LogP) is 1.42. The quantitative estimate of drug-likeness (QED) is 0.725. The van der Waals surface area contributed by atoms with Gasteiger partial charge in [0.15, 0.2) is 5.65 Å². The molecule has 0 spiro atoms. The number of pyridine rings is 1. The Morgan fingerprint density at radius 1 is 1.39 bits per heavy atom. The fraction of sp³-hybridized carbons (Fsp3) is 0.250. The number of fused-ring (bicyclic) bond motifs is 1. The standard InChI is InChI=1S/C12H14N6/c1-9-2-3-11-16-12(17-18(11)7-9)14-5-4-10-6-13-8-15-10/h2-3,6-8H,4-5H2,1H3,(H,13,15)(H,14,17). The third-order valence-corrected chi connectivity index (χ3v) is 2.71. The molecule has 3 rings (SSSR count). The average Bonchev–Trinajstić information content (AvgIpc) is 2.97. The van der Waals surface area contributed by atoms with Crippen molar-refractivity contribution >= 4 is 11.6 Å². The zero-order chi connectivity index (χ0) is 12.4. The van der Waals surface area contributed by atoms with E-state index in [2.05, 4.69) is 25.4 Å². The lowest BCUT2D eigenvalue weighted by Crippen LogP contribution is -2.06. The first-order valence-electron chi connectivity index (χ1n) is 5.85. The number of nitrogens with one attached hydrogen (secondary N) is 2. The summed E-state index contributed by atoms with van der Waals surface area (Å²) in [6, 6.07) is 3.99. The van der Waals surface area contributed by atoms with Gasteiger partial charge in [0, 0.05) is 31.1 Å². The van der Waals surface area contributed by atoms with Crippen LogP contribution in [0.25, 0.3) is 5.65 Å². The van der Waals surface area contributed by atoms with Crippen LogP contribution < -0.4 is 5.32 Å². The fourth-order valence-corrected chi connectivity index (χ4v) is 1.79. The zero-order valence-corrected chi connectivity index (χ0v) is 10.1. The summed E-state index contributed by atoms with van der Waals surface area (Å²) >= 11 is 0. The number of imidazole rings is 1. The Morgan fingerprint density at radius 2 is 2.33 bits per heavy atom. The van der Waals surface area contributed by atoms with Gasteiger partial charge in [-0.2, -0.15) is 4.98 Å². The second-order valence-electron chi connectivity index (χ2n) is 4.20. The number of hydrogen-bond acceptors (Lipinski definition) is 4. The molecule has 18 heavy (non-hydrogen) atoms. The molecule has 3 heterocycles. The molecule has 0 atom stereocenters. The largest absolute Gasteiger partial charge is 0.353 e. The van der Waals surface area contributed by atoms with Crippen LogP contribution in [0, 0.1) is 6.92 Å². The number of aromatic amines is 1. The lowest BCUT2D eigenvalue weighted by atomic mass is 10.3. The summed E-state index contributed by atoms with van der Waals surface area (Å²) in [5.74, 6) is 0.653. The van der Waals surface area contributed by atoms with Crippen molar-refractivity contribution in [2.45, 2.75) is 13.3 Å². The number of anilines is 1. The van der Waals surface area contributed by atoms with Crippen molar-refractivity contribution in [3.05, 3.63) is 42.1 Å². The van der Waals surface area contributed by atoms with E-state index in [0.29, 0.717) is 5.95 Å². The summed E-state index contributed by atoms with van der Waals surface area (Å²) in [7, 11) is 0. The van der Waals surface area contributed by atoms with Crippen molar-refractivity contribution in [1.29, 1.82) is 0 Å². The zero-order valence-electron chi connectivity index (χ0n) is 10.1. The molecule has 3 aromatic heterocycles. The molecule has 92 valence electrons. The minimum absolute atomic E-state index is 0.653. The van der Waals surface area contributed by atoms with Crippen LogP contribution in [-0.4, -0.2) is 31.1 Å². The van der Waals surface area contributed by atoms with Crippen molar-refractivity contribution in [2.24, 2.45) is 0 Å². The van der Waals surface area contributed by atoms with Crippen LogP contribution in [0.1, 0.15) is 11.3 Å². The highest BCUT2D eigenvalue weighted by Crippen LogP contribution is 2.07. The monoisotopic (exact) mass is 242 g/mol. The van der Waals surface area contributed by atoms with Gasteiger partial charge in [-0.1, -0.05) is 6.07 Å². The molecule has 3 aromatic rings. The van der Waals surface area contributed by atoms with E-state index >= 15 is 0 Å². The van der Waals surface area contributed by atoms with Gasteiger partial charge in [0.1, 0.15) is 0 Å². The number of rotatable bonds is 4. The van der Waals surface area contributed by atoms with Gasteiger partial charge < -0.3 is 10.3 Å². The van der Waals surface area contributed by atoms with E-state index in [-0.39, 0.29) is 0 Å². The molecule has 2 N–H and O–H groups in total. The van der Waals surface area contributed by atoms with Crippen LogP contribution in [0.4, 0.5) is 5.95 Å². The van der Waals surface area contributed by atoms with Crippen molar-refractivity contribution in [3.63, 3.8) is 0 Å². The van der Waals surface area contributed by atoms with E-state index in [1.807, 2.05) is 31.5 Å². The lowest BCUT2D eigenvalue weighted by molar-refractivity contribution is 0.922. The Balaban J connectivity index is 1.67. The SMILES string of the molecule is Cc1ccc2nc(NCCc3cnc[nH]3)nn2c1. The number of aromatic nitrogens is 5. The Hall–Kier alpha value is -2.37. The molecule has 0 aromatic carbocycles. The topological polar surface area (TPSA) is 70.9 Å². The van der Waals surface area contributed by atoms with Crippen molar-refractivity contribution in [2.75, 3.05) is 11.9 Å². The van der Waals surface area contributed by atoms with Crippen molar-refractivity contribution < 1.29 is 0 Å². The third kappa shape index (κ3) is 2.17. The molecule has 6 nitrogen and oxygen atoms in total. The molecule has 0 saturated heterocycles. The van der Waals surface area contributed by atoms with Gasteiger partial charge in [-0.25, -0.2) is 9.50 Å². The van der Waals surface area contributed by atoms with Crippen LogP contribution >= 0.6 is 0 Å². The van der Waals surface area contributed by atoms with Gasteiger partial charge in [-0.3, -0.25) is 0 Å². The van der Waals surface area contributed by atoms with E-state index in [1.165, 1.54) is 0 Å². The number of hydrogen-bond donors (Lipinski definition) is 2. The normalized spacial score (nSPS) is 10.9. The minimum Gasteiger partial charge on any atom is -0.353 e. The van der Waals surface area contributed by atoms with E-state index in [4.69, 9.17) is 0 Å². The van der Waals surface area contributed by atoms with Gasteiger partial charge >= 0.3 is 0 Å². The maximum atomic E-state index is 4.39. The highest BCUT2D eigenvalue weighted by Gasteiger charge is 2.02. The molecule has 0 aliphatic rings. The second-order valence-corrected chi connectivity index (χ2v) is 4.20. The van der Waals surface area contributed by atoms with Crippen LogP contribution in [0.2, 0.25) is 0 Å². The molecule has 0 radical (unpaired) electrons. The predicted molar refractivity (Wildman–Crippen MR) is 68.5 cm³/mol. The van der Waals surface area contributed by atoms with Gasteiger partial charge in [-0.15, -0.1) is 5.10 Å². The van der Waals surface area contributed by atoms with Gasteiger partial charge in [0.05, 0.1) is 6.33 Å². The maximum Gasteiger partial charge on any atom is 0.243 e. The van der Waals surface area contributed by atoms with E-state index in [9.17, 15) is 0 Å². The Labute approximate surface area is 104 Å². The van der Waals surface area contributed by atoms with Crippen LogP contribution in [0.3, 0.4) is 0 Å². The van der Waals surface area contributed by atoms with Crippen LogP contribution in [0.15, 0.2) is 30.9 Å². The molecule has 0 unspecified atom stereocenters. The number of aryl methyl sites for hydroxylation is 1. The van der Waals surface area contributed by atoms with E-state index in [0.717, 1.165) is 29.9 Å². The first-order valence-corrected chi connectivity index (χ1v) is 5.85. The van der Waals surface area contributed by atoms with Gasteiger partial charge in [0.2, 0.25) is 5.95 Å². The molecule has 0 saturated carbocycles. The summed E-state index contributed by atoms with van der Waals surface area (Å²) in [4.78, 5) is 11.4. The first kappa shape index (κ1) is 10.8. The smallest absolute Gasteiger partial charge is 0.243 e. The first-order chi connectivity index (χ1) is 8.81. The van der Waals surface area contributed by atoms with Crippen LogP contribution in [-0.2, 0) is 6.42 Å². The molecule has 6 heteroatoms. The summed E-state index contributed by atoms with van der Waals surface area (Å²) in [5, 5.41) is 7.56. The van der Waals surface area contributed by atoms with E-state index < -0.39 is 0 Å². The summed E-state index contributed by atoms with van der Waals surface area (Å²) < 4.78 is 1.79. The van der Waals surface area contributed by atoms with Gasteiger partial charge in [0.25, 0.3) is 0 Å². The lowest BCUT2D eigenvalue weighted by Gasteiger charge is -1.98. The molecule has 0 amide bonds. The van der Waals surface area contributed by atoms with Gasteiger partial charge in [-0.05, 0) is 18.6 Å². The highest BCUT2D eigenvalue weighted by molar-refractivity contribution is 5.44. The highest BCUT2D eigenvalue weighted by atomic mass is 15.3. The number of nitrogens with zero attached hydrogens (tertiary/aromatic N) is 4. The molecule has 0 aliphatic heterocycles. The van der Waals surface area contributed by atoms with Crippen LogP contribution in [0.5, 0.6) is 0 Å². The summed E-state index contributed by atoms with van der Waals surface area (Å²) in [6.45, 7) is 2.81. The Kier molecular flexibility index (Phi) is 2.68. The molecule has 0 bridgehead atoms. The molecule has 0 fully saturated rings. The summed E-state index contributed by atoms with van der Waals surface area (Å²) in [5.41, 5.74) is 3.11. The van der Waals surface area contributed by atoms with E-state index in [1.54, 1.807) is 10.8 Å². The fourth-order valence-electron chi connectivity index (χ4n) is 1.79. The Morgan fingerprint density at radius 3 is 3.17 bits per heavy atom. The Bertz CT molecular complexity index is 640. The molecule has 0 aliphatic carbocycles. The average molecular weight is 242 g/mol. The maximum absolute atomic E-state index is 4.39. The minimum atomic E-state index is 0.653. The third-order valence-electron chi connectivity index (χ3n) is 2.71. The van der Waals surface area contributed by atoms with Crippen molar-refractivity contribution in [3.8, 4) is 0 Å². The molecular formula is C12H14N6. The molecular weight excluding hydrogens is 228 g/mol. The number of H-pyrrole nitrogens is 1. The summed E-state index contributed by atoms with van der Waals surface area (Å²) in [6.07, 6.45) is 6.33. The second kappa shape index (κ2) is 4.48. The van der Waals surface area contributed by atoms with Crippen molar-refractivity contribution in [1.82, 2.24) is 24.6 Å².